The molecule has 2 rings (SSSR count). The molecule has 0 heterocycles. The minimum Gasteiger partial charge on any atom is -0.397 e. The maximum atomic E-state index is 13.4. The van der Waals surface area contributed by atoms with Gasteiger partial charge in [0.1, 0.15) is 5.82 Å². The molecule has 0 radical (unpaired) electrons. The van der Waals surface area contributed by atoms with Gasteiger partial charge in [-0.1, -0.05) is 18.2 Å². The molecule has 0 saturated carbocycles. The lowest BCUT2D eigenvalue weighted by Crippen LogP contribution is -2.13. The van der Waals surface area contributed by atoms with Crippen LogP contribution >= 0.6 is 0 Å². The molecule has 2 aromatic carbocycles. The summed E-state index contributed by atoms with van der Waals surface area (Å²) in [4.78, 5) is 11.9. The summed E-state index contributed by atoms with van der Waals surface area (Å²) in [5, 5.41) is 2.64. The minimum atomic E-state index is -0.399. The van der Waals surface area contributed by atoms with Crippen molar-refractivity contribution in [3.05, 3.63) is 59.4 Å². The summed E-state index contributed by atoms with van der Waals surface area (Å²) in [6.07, 6.45) is 0. The third-order valence-electron chi connectivity index (χ3n) is 2.64. The first kappa shape index (κ1) is 12.1. The Morgan fingerprint density at radius 3 is 2.61 bits per heavy atom. The number of benzene rings is 2. The fourth-order valence-electron chi connectivity index (χ4n) is 1.54. The molecule has 0 bridgehead atoms. The SMILES string of the molecule is Cc1ccc(C(=O)Nc2ccccc2N)cc1F. The summed E-state index contributed by atoms with van der Waals surface area (Å²) in [6, 6.07) is 11.3. The van der Waals surface area contributed by atoms with Crippen LogP contribution in [0, 0.1) is 12.7 Å². The molecular weight excluding hydrogens is 231 g/mol. The molecule has 3 N–H and O–H groups in total. The van der Waals surface area contributed by atoms with E-state index in [4.69, 9.17) is 5.73 Å². The molecular formula is C14H13FN2O. The summed E-state index contributed by atoms with van der Waals surface area (Å²) in [7, 11) is 0. The van der Waals surface area contributed by atoms with E-state index in [1.165, 1.54) is 6.07 Å². The molecule has 0 saturated heterocycles. The average Bonchev–Trinajstić information content (AvgIpc) is 2.35. The molecule has 0 aromatic heterocycles. The number of aryl methyl sites for hydroxylation is 1. The highest BCUT2D eigenvalue weighted by molar-refractivity contribution is 6.05. The van der Waals surface area contributed by atoms with Crippen molar-refractivity contribution in [2.24, 2.45) is 0 Å². The second kappa shape index (κ2) is 4.87. The van der Waals surface area contributed by atoms with Gasteiger partial charge in [-0.25, -0.2) is 4.39 Å². The highest BCUT2D eigenvalue weighted by Crippen LogP contribution is 2.18. The van der Waals surface area contributed by atoms with Crippen LogP contribution in [0.3, 0.4) is 0 Å². The van der Waals surface area contributed by atoms with Crippen molar-refractivity contribution in [1.29, 1.82) is 0 Å². The van der Waals surface area contributed by atoms with Crippen molar-refractivity contribution in [3.8, 4) is 0 Å². The van der Waals surface area contributed by atoms with Gasteiger partial charge in [-0.15, -0.1) is 0 Å². The molecule has 0 spiro atoms. The standard InChI is InChI=1S/C14H13FN2O/c1-9-6-7-10(8-11(9)15)14(18)17-13-5-3-2-4-12(13)16/h2-8H,16H2,1H3,(H,17,18). The van der Waals surface area contributed by atoms with Crippen LogP contribution in [-0.2, 0) is 0 Å². The Labute approximate surface area is 104 Å². The third kappa shape index (κ3) is 2.48. The summed E-state index contributed by atoms with van der Waals surface area (Å²) < 4.78 is 13.4. The summed E-state index contributed by atoms with van der Waals surface area (Å²) >= 11 is 0. The smallest absolute Gasteiger partial charge is 0.255 e. The second-order valence-corrected chi connectivity index (χ2v) is 4.01. The van der Waals surface area contributed by atoms with E-state index in [1.807, 2.05) is 0 Å². The van der Waals surface area contributed by atoms with Crippen LogP contribution in [0.4, 0.5) is 15.8 Å². The Morgan fingerprint density at radius 2 is 1.94 bits per heavy atom. The monoisotopic (exact) mass is 244 g/mol. The lowest BCUT2D eigenvalue weighted by Gasteiger charge is -2.08. The number of nitrogens with two attached hydrogens (primary N) is 1. The quantitative estimate of drug-likeness (QED) is 0.798. The number of hydrogen-bond acceptors (Lipinski definition) is 2. The van der Waals surface area contributed by atoms with Gasteiger partial charge in [0, 0.05) is 5.56 Å². The van der Waals surface area contributed by atoms with Crippen LogP contribution in [0.2, 0.25) is 0 Å². The van der Waals surface area contributed by atoms with Crippen molar-refractivity contribution < 1.29 is 9.18 Å². The van der Waals surface area contributed by atoms with Gasteiger partial charge in [0.2, 0.25) is 0 Å². The van der Waals surface area contributed by atoms with Crippen LogP contribution in [0.15, 0.2) is 42.5 Å². The van der Waals surface area contributed by atoms with Gasteiger partial charge in [-0.05, 0) is 36.8 Å². The van der Waals surface area contributed by atoms with Crippen LogP contribution < -0.4 is 11.1 Å². The first-order valence-corrected chi connectivity index (χ1v) is 5.50. The first-order chi connectivity index (χ1) is 8.58. The van der Waals surface area contributed by atoms with E-state index in [0.717, 1.165) is 0 Å². The van der Waals surface area contributed by atoms with Gasteiger partial charge in [0.05, 0.1) is 11.4 Å². The number of halogens is 1. The number of nitrogens with one attached hydrogen (secondary N) is 1. The molecule has 92 valence electrons. The van der Waals surface area contributed by atoms with Crippen molar-refractivity contribution in [3.63, 3.8) is 0 Å². The molecule has 0 aliphatic carbocycles. The number of carbonyl (C=O) groups is 1. The van der Waals surface area contributed by atoms with Crippen LogP contribution in [0.1, 0.15) is 15.9 Å². The number of para-hydroxylation sites is 2. The zero-order valence-electron chi connectivity index (χ0n) is 9.91. The van der Waals surface area contributed by atoms with Crippen molar-refractivity contribution in [2.45, 2.75) is 6.92 Å². The maximum absolute atomic E-state index is 13.4. The van der Waals surface area contributed by atoms with E-state index < -0.39 is 5.82 Å². The molecule has 0 aliphatic rings. The van der Waals surface area contributed by atoms with E-state index in [0.29, 0.717) is 16.9 Å². The molecule has 2 aromatic rings. The number of nitrogen functional groups attached to an aromatic ring is 1. The Bertz CT molecular complexity index is 596. The topological polar surface area (TPSA) is 55.1 Å². The molecule has 0 fully saturated rings. The molecule has 0 atom stereocenters. The lowest BCUT2D eigenvalue weighted by molar-refractivity contribution is 0.102. The van der Waals surface area contributed by atoms with E-state index in [1.54, 1.807) is 43.3 Å². The van der Waals surface area contributed by atoms with E-state index >= 15 is 0 Å². The van der Waals surface area contributed by atoms with Crippen LogP contribution in [-0.4, -0.2) is 5.91 Å². The largest absolute Gasteiger partial charge is 0.397 e. The highest BCUT2D eigenvalue weighted by Gasteiger charge is 2.09. The van der Waals surface area contributed by atoms with Gasteiger partial charge in [-0.3, -0.25) is 4.79 Å². The minimum absolute atomic E-state index is 0.265. The van der Waals surface area contributed by atoms with Gasteiger partial charge < -0.3 is 11.1 Å². The van der Waals surface area contributed by atoms with Gasteiger partial charge in [0.15, 0.2) is 0 Å². The summed E-state index contributed by atoms with van der Waals surface area (Å²) in [6.45, 7) is 1.65. The molecule has 0 unspecified atom stereocenters. The zero-order chi connectivity index (χ0) is 13.1. The Kier molecular flexibility index (Phi) is 3.28. The fraction of sp³-hybridized carbons (Fsp3) is 0.0714. The van der Waals surface area contributed by atoms with Gasteiger partial charge in [0.25, 0.3) is 5.91 Å². The average molecular weight is 244 g/mol. The molecule has 3 nitrogen and oxygen atoms in total. The summed E-state index contributed by atoms with van der Waals surface area (Å²) in [5.74, 6) is -0.782. The fourth-order valence-corrected chi connectivity index (χ4v) is 1.54. The normalized spacial score (nSPS) is 10.1. The van der Waals surface area contributed by atoms with Crippen LogP contribution in [0.5, 0.6) is 0 Å². The predicted octanol–water partition coefficient (Wildman–Crippen LogP) is 2.97. The first-order valence-electron chi connectivity index (χ1n) is 5.50. The highest BCUT2D eigenvalue weighted by atomic mass is 19.1. The number of carbonyl (C=O) groups excluding carboxylic acids is 1. The maximum Gasteiger partial charge on any atom is 0.255 e. The lowest BCUT2D eigenvalue weighted by atomic mass is 10.1. The zero-order valence-corrected chi connectivity index (χ0v) is 9.91. The number of hydrogen-bond donors (Lipinski definition) is 2. The van der Waals surface area contributed by atoms with Crippen LogP contribution in [0.25, 0.3) is 0 Å². The van der Waals surface area contributed by atoms with Gasteiger partial charge in [-0.2, -0.15) is 0 Å². The molecule has 0 aliphatic heterocycles. The predicted molar refractivity (Wildman–Crippen MR) is 69.9 cm³/mol. The molecule has 18 heavy (non-hydrogen) atoms. The van der Waals surface area contributed by atoms with E-state index in [9.17, 15) is 9.18 Å². The number of anilines is 2. The number of amides is 1. The van der Waals surface area contributed by atoms with Crippen molar-refractivity contribution >= 4 is 17.3 Å². The number of rotatable bonds is 2. The van der Waals surface area contributed by atoms with E-state index in [-0.39, 0.29) is 11.5 Å². The molecule has 1 amide bonds. The summed E-state index contributed by atoms with van der Waals surface area (Å²) in [5.41, 5.74) is 7.47. The second-order valence-electron chi connectivity index (χ2n) is 4.01. The van der Waals surface area contributed by atoms with E-state index in [2.05, 4.69) is 5.32 Å². The van der Waals surface area contributed by atoms with Crippen molar-refractivity contribution in [1.82, 2.24) is 0 Å². The molecule has 4 heteroatoms. The third-order valence-corrected chi connectivity index (χ3v) is 2.64. The van der Waals surface area contributed by atoms with Crippen molar-refractivity contribution in [2.75, 3.05) is 11.1 Å². The Hall–Kier alpha value is -2.36. The van der Waals surface area contributed by atoms with Gasteiger partial charge >= 0.3 is 0 Å². The Balaban J connectivity index is 2.22. The Morgan fingerprint density at radius 1 is 1.22 bits per heavy atom.